The van der Waals surface area contributed by atoms with Gasteiger partial charge in [0, 0.05) is 31.3 Å². The minimum Gasteiger partial charge on any atom is -0.369 e. The van der Waals surface area contributed by atoms with Crippen LogP contribution in [-0.4, -0.2) is 44.8 Å². The highest BCUT2D eigenvalue weighted by Crippen LogP contribution is 2.28. The number of hydrogen-bond acceptors (Lipinski definition) is 6. The Kier molecular flexibility index (Phi) is 4.48. The molecule has 3 aromatic heterocycles. The molecule has 25 heavy (non-hydrogen) atoms. The van der Waals surface area contributed by atoms with Crippen molar-refractivity contribution in [1.82, 2.24) is 25.1 Å². The third-order valence-corrected chi connectivity index (χ3v) is 5.13. The lowest BCUT2D eigenvalue weighted by atomic mass is 10.1. The largest absolute Gasteiger partial charge is 0.369 e. The standard InChI is InChI=1S/C17H19N5O2S/c1-11-19-13(7-16(23)20-11)14-10-22(4-5-24-14)9-12-8-18-21-17(12)15-3-2-6-25-15/h2-3,6-8,14H,4-5,9-10H2,1H3,(H,18,21)(H,19,20,23)/t14-/m1/s1. The summed E-state index contributed by atoms with van der Waals surface area (Å²) < 4.78 is 5.85. The van der Waals surface area contributed by atoms with Crippen LogP contribution in [0, 0.1) is 6.92 Å². The van der Waals surface area contributed by atoms with Gasteiger partial charge in [0.15, 0.2) is 0 Å². The molecular formula is C17H19N5O2S. The average Bonchev–Trinajstić information content (AvgIpc) is 3.25. The Balaban J connectivity index is 1.51. The van der Waals surface area contributed by atoms with Gasteiger partial charge < -0.3 is 9.72 Å². The third-order valence-electron chi connectivity index (χ3n) is 4.24. The van der Waals surface area contributed by atoms with Crippen molar-refractivity contribution in [3.63, 3.8) is 0 Å². The monoisotopic (exact) mass is 357 g/mol. The molecule has 0 bridgehead atoms. The highest BCUT2D eigenvalue weighted by molar-refractivity contribution is 7.13. The van der Waals surface area contributed by atoms with Crippen LogP contribution in [0.3, 0.4) is 0 Å². The molecule has 1 saturated heterocycles. The summed E-state index contributed by atoms with van der Waals surface area (Å²) in [7, 11) is 0. The fourth-order valence-corrected chi connectivity index (χ4v) is 3.85. The van der Waals surface area contributed by atoms with Crippen LogP contribution in [0.15, 0.2) is 34.6 Å². The van der Waals surface area contributed by atoms with Crippen LogP contribution in [0.5, 0.6) is 0 Å². The van der Waals surface area contributed by atoms with Crippen molar-refractivity contribution in [1.29, 1.82) is 0 Å². The minimum atomic E-state index is -0.188. The molecular weight excluding hydrogens is 338 g/mol. The van der Waals surface area contributed by atoms with E-state index in [0.717, 1.165) is 24.3 Å². The number of nitrogens with zero attached hydrogens (tertiary/aromatic N) is 3. The zero-order chi connectivity index (χ0) is 17.2. The molecule has 1 aliphatic heterocycles. The number of aromatic amines is 2. The number of thiophene rings is 1. The van der Waals surface area contributed by atoms with Crippen molar-refractivity contribution in [3.05, 3.63) is 57.2 Å². The van der Waals surface area contributed by atoms with E-state index in [1.54, 1.807) is 18.3 Å². The first-order valence-electron chi connectivity index (χ1n) is 8.17. The van der Waals surface area contributed by atoms with Gasteiger partial charge in [0.1, 0.15) is 11.9 Å². The number of rotatable bonds is 4. The van der Waals surface area contributed by atoms with Gasteiger partial charge in [-0.15, -0.1) is 11.3 Å². The topological polar surface area (TPSA) is 86.9 Å². The Morgan fingerprint density at radius 3 is 3.20 bits per heavy atom. The summed E-state index contributed by atoms with van der Waals surface area (Å²) in [5.74, 6) is 0.609. The van der Waals surface area contributed by atoms with Crippen LogP contribution in [0.2, 0.25) is 0 Å². The number of aromatic nitrogens is 4. The van der Waals surface area contributed by atoms with E-state index in [0.29, 0.717) is 24.7 Å². The van der Waals surface area contributed by atoms with Crippen molar-refractivity contribution in [2.45, 2.75) is 19.6 Å². The van der Waals surface area contributed by atoms with E-state index < -0.39 is 0 Å². The minimum absolute atomic E-state index is 0.141. The molecule has 130 valence electrons. The first kappa shape index (κ1) is 16.2. The Hall–Kier alpha value is -2.29. The van der Waals surface area contributed by atoms with Gasteiger partial charge in [-0.1, -0.05) is 6.07 Å². The molecule has 0 amide bonds. The molecule has 0 unspecified atom stereocenters. The van der Waals surface area contributed by atoms with Gasteiger partial charge in [-0.2, -0.15) is 5.10 Å². The predicted octanol–water partition coefficient (Wildman–Crippen LogP) is 2.10. The van der Waals surface area contributed by atoms with Crippen molar-refractivity contribution < 1.29 is 4.74 Å². The second kappa shape index (κ2) is 6.91. The lowest BCUT2D eigenvalue weighted by Gasteiger charge is -2.32. The fraction of sp³-hybridized carbons (Fsp3) is 0.353. The second-order valence-electron chi connectivity index (χ2n) is 6.10. The van der Waals surface area contributed by atoms with Gasteiger partial charge in [-0.05, 0) is 18.4 Å². The number of nitrogens with one attached hydrogen (secondary N) is 2. The maximum absolute atomic E-state index is 11.7. The summed E-state index contributed by atoms with van der Waals surface area (Å²) >= 11 is 1.69. The van der Waals surface area contributed by atoms with Crippen molar-refractivity contribution >= 4 is 11.3 Å². The van der Waals surface area contributed by atoms with Gasteiger partial charge in [0.2, 0.25) is 0 Å². The molecule has 1 fully saturated rings. The number of morpholine rings is 1. The maximum Gasteiger partial charge on any atom is 0.251 e. The Morgan fingerprint density at radius 1 is 1.48 bits per heavy atom. The van der Waals surface area contributed by atoms with Crippen molar-refractivity contribution in [2.24, 2.45) is 0 Å². The molecule has 0 saturated carbocycles. The molecule has 1 atom stereocenters. The maximum atomic E-state index is 11.7. The molecule has 4 rings (SSSR count). The van der Waals surface area contributed by atoms with Crippen LogP contribution in [0.4, 0.5) is 0 Å². The first-order valence-corrected chi connectivity index (χ1v) is 9.05. The number of aryl methyl sites for hydroxylation is 1. The van der Waals surface area contributed by atoms with E-state index in [1.807, 2.05) is 12.3 Å². The molecule has 0 radical (unpaired) electrons. The molecule has 1 aliphatic rings. The number of hydrogen-bond donors (Lipinski definition) is 2. The Morgan fingerprint density at radius 2 is 2.40 bits per heavy atom. The van der Waals surface area contributed by atoms with Crippen molar-refractivity contribution in [2.75, 3.05) is 19.7 Å². The van der Waals surface area contributed by atoms with E-state index in [4.69, 9.17) is 4.74 Å². The van der Waals surface area contributed by atoms with Crippen molar-refractivity contribution in [3.8, 4) is 10.6 Å². The van der Waals surface area contributed by atoms with E-state index in [1.165, 1.54) is 10.9 Å². The third kappa shape index (κ3) is 3.55. The lowest BCUT2D eigenvalue weighted by molar-refractivity contribution is -0.0351. The van der Waals surface area contributed by atoms with Crippen LogP contribution in [0.1, 0.15) is 23.2 Å². The van der Waals surface area contributed by atoms with Gasteiger partial charge in [-0.3, -0.25) is 14.8 Å². The van der Waals surface area contributed by atoms with Gasteiger partial charge in [-0.25, -0.2) is 4.98 Å². The van der Waals surface area contributed by atoms with E-state index in [2.05, 4.69) is 36.5 Å². The summed E-state index contributed by atoms with van der Waals surface area (Å²) in [5, 5.41) is 9.37. The first-order chi connectivity index (χ1) is 12.2. The van der Waals surface area contributed by atoms with E-state index in [-0.39, 0.29) is 11.7 Å². The Bertz CT molecular complexity index is 902. The summed E-state index contributed by atoms with van der Waals surface area (Å²) in [4.78, 5) is 22.3. The van der Waals surface area contributed by atoms with Crippen LogP contribution < -0.4 is 5.56 Å². The summed E-state index contributed by atoms with van der Waals surface area (Å²) in [6.07, 6.45) is 1.70. The highest BCUT2D eigenvalue weighted by Gasteiger charge is 2.24. The molecule has 2 N–H and O–H groups in total. The molecule has 3 aromatic rings. The molecule has 0 aliphatic carbocycles. The van der Waals surface area contributed by atoms with Crippen LogP contribution >= 0.6 is 11.3 Å². The Labute approximate surface area is 148 Å². The van der Waals surface area contributed by atoms with E-state index in [9.17, 15) is 4.79 Å². The van der Waals surface area contributed by atoms with Gasteiger partial charge in [0.25, 0.3) is 5.56 Å². The molecule has 7 nitrogen and oxygen atoms in total. The summed E-state index contributed by atoms with van der Waals surface area (Å²) in [6.45, 7) is 4.72. The van der Waals surface area contributed by atoms with Gasteiger partial charge in [0.05, 0.1) is 29.1 Å². The second-order valence-corrected chi connectivity index (χ2v) is 7.05. The summed E-state index contributed by atoms with van der Waals surface area (Å²) in [6, 6.07) is 5.65. The zero-order valence-corrected chi connectivity index (χ0v) is 14.7. The average molecular weight is 357 g/mol. The normalized spacial score (nSPS) is 18.5. The quantitative estimate of drug-likeness (QED) is 0.747. The molecule has 8 heteroatoms. The number of ether oxygens (including phenoxy) is 1. The molecule has 4 heterocycles. The summed E-state index contributed by atoms with van der Waals surface area (Å²) in [5.41, 5.74) is 2.79. The number of H-pyrrole nitrogens is 2. The molecule has 0 aromatic carbocycles. The van der Waals surface area contributed by atoms with E-state index >= 15 is 0 Å². The predicted molar refractivity (Wildman–Crippen MR) is 95.5 cm³/mol. The van der Waals surface area contributed by atoms with Gasteiger partial charge >= 0.3 is 0 Å². The smallest absolute Gasteiger partial charge is 0.251 e. The lowest BCUT2D eigenvalue weighted by Crippen LogP contribution is -2.38. The van der Waals surface area contributed by atoms with Crippen LogP contribution in [-0.2, 0) is 11.3 Å². The zero-order valence-electron chi connectivity index (χ0n) is 13.9. The van der Waals surface area contributed by atoms with Crippen LogP contribution in [0.25, 0.3) is 10.6 Å². The fourth-order valence-electron chi connectivity index (χ4n) is 3.10. The highest BCUT2D eigenvalue weighted by atomic mass is 32.1. The SMILES string of the molecule is Cc1nc([C@H]2CN(Cc3cn[nH]c3-c3cccs3)CCO2)cc(=O)[nH]1. The molecule has 0 spiro atoms.